The molecule has 1 atom stereocenters. The SMILES string of the molecule is CC(C)COC(=O)N1CCCN(C(=O)[C@H](C)NS(=O)(=O)c2ccccc2C(F)(F)F)CC1. The van der Waals surface area contributed by atoms with Gasteiger partial charge in [0.25, 0.3) is 0 Å². The first kappa shape index (κ1) is 25.9. The van der Waals surface area contributed by atoms with Crippen LogP contribution >= 0.6 is 0 Å². The third kappa shape index (κ3) is 6.83. The summed E-state index contributed by atoms with van der Waals surface area (Å²) in [5.74, 6) is -0.407. The highest BCUT2D eigenvalue weighted by Crippen LogP contribution is 2.33. The van der Waals surface area contributed by atoms with E-state index in [1.54, 1.807) is 0 Å². The molecule has 0 aliphatic carbocycles. The minimum Gasteiger partial charge on any atom is -0.449 e. The predicted molar refractivity (Wildman–Crippen MR) is 110 cm³/mol. The topological polar surface area (TPSA) is 96.0 Å². The van der Waals surface area contributed by atoms with Crippen LogP contribution in [0.4, 0.5) is 18.0 Å². The molecule has 2 rings (SSSR count). The molecule has 1 aromatic carbocycles. The van der Waals surface area contributed by atoms with Gasteiger partial charge in [0.15, 0.2) is 0 Å². The number of ether oxygens (including phenoxy) is 1. The van der Waals surface area contributed by atoms with Crippen LogP contribution in [-0.4, -0.2) is 69.0 Å². The van der Waals surface area contributed by atoms with Gasteiger partial charge in [-0.1, -0.05) is 26.0 Å². The Morgan fingerprint density at radius 1 is 1.06 bits per heavy atom. The number of hydrogen-bond donors (Lipinski definition) is 1. The Kier molecular flexibility index (Phi) is 8.52. The summed E-state index contributed by atoms with van der Waals surface area (Å²) < 4.78 is 72.0. The average Bonchev–Trinajstić information content (AvgIpc) is 2.96. The number of rotatable bonds is 6. The molecular formula is C20H28F3N3O5S. The Labute approximate surface area is 185 Å². The molecule has 0 aromatic heterocycles. The summed E-state index contributed by atoms with van der Waals surface area (Å²) in [5.41, 5.74) is -1.31. The number of halogens is 3. The van der Waals surface area contributed by atoms with Crippen molar-refractivity contribution in [2.45, 2.75) is 44.3 Å². The number of sulfonamides is 1. The fourth-order valence-electron chi connectivity index (χ4n) is 3.21. The van der Waals surface area contributed by atoms with Crippen molar-refractivity contribution in [2.75, 3.05) is 32.8 Å². The fraction of sp³-hybridized carbons (Fsp3) is 0.600. The van der Waals surface area contributed by atoms with E-state index >= 15 is 0 Å². The van der Waals surface area contributed by atoms with Crippen LogP contribution in [0.1, 0.15) is 32.8 Å². The van der Waals surface area contributed by atoms with E-state index in [0.29, 0.717) is 19.0 Å². The third-order valence-electron chi connectivity index (χ3n) is 4.79. The van der Waals surface area contributed by atoms with Crippen molar-refractivity contribution < 1.29 is 35.9 Å². The minimum atomic E-state index is -4.86. The highest BCUT2D eigenvalue weighted by Gasteiger charge is 2.38. The summed E-state index contributed by atoms with van der Waals surface area (Å²) >= 11 is 0. The maximum absolute atomic E-state index is 13.2. The smallest absolute Gasteiger partial charge is 0.417 e. The van der Waals surface area contributed by atoms with E-state index in [1.807, 2.05) is 18.6 Å². The molecular weight excluding hydrogens is 451 g/mol. The second-order valence-corrected chi connectivity index (χ2v) is 9.66. The van der Waals surface area contributed by atoms with Crippen molar-refractivity contribution in [2.24, 2.45) is 5.92 Å². The lowest BCUT2D eigenvalue weighted by Crippen LogP contribution is -2.48. The monoisotopic (exact) mass is 479 g/mol. The first-order valence-electron chi connectivity index (χ1n) is 10.2. The zero-order chi connectivity index (χ0) is 24.1. The van der Waals surface area contributed by atoms with E-state index in [1.165, 1.54) is 22.8 Å². The van der Waals surface area contributed by atoms with Crippen LogP contribution in [0.3, 0.4) is 0 Å². The van der Waals surface area contributed by atoms with Crippen molar-refractivity contribution in [1.82, 2.24) is 14.5 Å². The largest absolute Gasteiger partial charge is 0.449 e. The molecule has 0 saturated carbocycles. The molecule has 1 heterocycles. The highest BCUT2D eigenvalue weighted by molar-refractivity contribution is 7.89. The van der Waals surface area contributed by atoms with Crippen LogP contribution in [0, 0.1) is 5.92 Å². The summed E-state index contributed by atoms with van der Waals surface area (Å²) in [5, 5.41) is 0. The van der Waals surface area contributed by atoms with Gasteiger partial charge in [0.05, 0.1) is 23.1 Å². The molecule has 180 valence electrons. The number of nitrogens with one attached hydrogen (secondary N) is 1. The Hall–Kier alpha value is -2.34. The minimum absolute atomic E-state index is 0.154. The molecule has 32 heavy (non-hydrogen) atoms. The molecule has 1 N–H and O–H groups in total. The zero-order valence-corrected chi connectivity index (χ0v) is 19.0. The first-order valence-corrected chi connectivity index (χ1v) is 11.7. The summed E-state index contributed by atoms with van der Waals surface area (Å²) in [6, 6.07) is 2.49. The van der Waals surface area contributed by atoms with Gasteiger partial charge < -0.3 is 14.5 Å². The van der Waals surface area contributed by atoms with Crippen LogP contribution in [0.25, 0.3) is 0 Å². The van der Waals surface area contributed by atoms with Crippen molar-refractivity contribution in [3.05, 3.63) is 29.8 Å². The van der Waals surface area contributed by atoms with Gasteiger partial charge in [0.2, 0.25) is 15.9 Å². The molecule has 1 saturated heterocycles. The zero-order valence-electron chi connectivity index (χ0n) is 18.2. The number of alkyl halides is 3. The molecule has 0 bridgehead atoms. The lowest BCUT2D eigenvalue weighted by Gasteiger charge is -2.25. The lowest BCUT2D eigenvalue weighted by atomic mass is 10.2. The van der Waals surface area contributed by atoms with Gasteiger partial charge in [-0.15, -0.1) is 0 Å². The Balaban J connectivity index is 2.04. The molecule has 0 radical (unpaired) electrons. The Morgan fingerprint density at radius 2 is 1.66 bits per heavy atom. The van der Waals surface area contributed by atoms with E-state index in [2.05, 4.69) is 0 Å². The molecule has 1 aromatic rings. The second kappa shape index (κ2) is 10.5. The predicted octanol–water partition coefficient (Wildman–Crippen LogP) is 2.70. The number of nitrogens with zero attached hydrogens (tertiary/aromatic N) is 2. The van der Waals surface area contributed by atoms with E-state index in [-0.39, 0.29) is 32.2 Å². The van der Waals surface area contributed by atoms with Crippen LogP contribution in [0.2, 0.25) is 0 Å². The summed E-state index contributed by atoms with van der Waals surface area (Å²) in [4.78, 5) is 26.8. The van der Waals surface area contributed by atoms with Crippen molar-refractivity contribution in [3.63, 3.8) is 0 Å². The quantitative estimate of drug-likeness (QED) is 0.677. The number of benzene rings is 1. The molecule has 8 nitrogen and oxygen atoms in total. The van der Waals surface area contributed by atoms with Crippen LogP contribution in [-0.2, 0) is 25.7 Å². The van der Waals surface area contributed by atoms with E-state index < -0.39 is 44.7 Å². The summed E-state index contributed by atoms with van der Waals surface area (Å²) in [6.45, 7) is 6.38. The van der Waals surface area contributed by atoms with Gasteiger partial charge >= 0.3 is 12.3 Å². The van der Waals surface area contributed by atoms with Crippen LogP contribution in [0.15, 0.2) is 29.2 Å². The molecule has 0 spiro atoms. The van der Waals surface area contributed by atoms with E-state index in [9.17, 15) is 31.2 Å². The standard InChI is InChI=1S/C20H28F3N3O5S/c1-14(2)13-31-19(28)26-10-6-9-25(11-12-26)18(27)15(3)24-32(29,30)17-8-5-4-7-16(17)20(21,22)23/h4-5,7-8,14-15,24H,6,9-13H2,1-3H3/t15-/m0/s1. The normalized spacial score (nSPS) is 16.6. The molecule has 2 amide bonds. The van der Waals surface area contributed by atoms with Gasteiger partial charge in [-0.05, 0) is 31.4 Å². The van der Waals surface area contributed by atoms with Crippen molar-refractivity contribution in [3.8, 4) is 0 Å². The maximum Gasteiger partial charge on any atom is 0.417 e. The van der Waals surface area contributed by atoms with Gasteiger partial charge in [0, 0.05) is 26.2 Å². The Morgan fingerprint density at radius 3 is 2.28 bits per heavy atom. The third-order valence-corrected chi connectivity index (χ3v) is 6.39. The van der Waals surface area contributed by atoms with Crippen LogP contribution in [0.5, 0.6) is 0 Å². The molecule has 1 fully saturated rings. The molecule has 1 aliphatic rings. The fourth-order valence-corrected chi connectivity index (χ4v) is 4.63. The summed E-state index contributed by atoms with van der Waals surface area (Å²) in [6.07, 6.45) is -4.89. The second-order valence-electron chi connectivity index (χ2n) is 7.97. The van der Waals surface area contributed by atoms with Gasteiger partial charge in [0.1, 0.15) is 0 Å². The first-order chi connectivity index (χ1) is 14.8. The van der Waals surface area contributed by atoms with Gasteiger partial charge in [-0.2, -0.15) is 17.9 Å². The number of carbonyl (C=O) groups is 2. The number of hydrogen-bond acceptors (Lipinski definition) is 5. The number of amides is 2. The highest BCUT2D eigenvalue weighted by atomic mass is 32.2. The van der Waals surface area contributed by atoms with E-state index in [0.717, 1.165) is 12.1 Å². The van der Waals surface area contributed by atoms with Gasteiger partial charge in [-0.25, -0.2) is 13.2 Å². The molecule has 12 heteroatoms. The summed E-state index contributed by atoms with van der Waals surface area (Å²) in [7, 11) is -4.61. The van der Waals surface area contributed by atoms with Crippen molar-refractivity contribution in [1.29, 1.82) is 0 Å². The van der Waals surface area contributed by atoms with Crippen molar-refractivity contribution >= 4 is 22.0 Å². The molecule has 0 unspecified atom stereocenters. The van der Waals surface area contributed by atoms with E-state index in [4.69, 9.17) is 4.74 Å². The van der Waals surface area contributed by atoms with Gasteiger partial charge in [-0.3, -0.25) is 4.79 Å². The average molecular weight is 480 g/mol. The lowest BCUT2D eigenvalue weighted by molar-refractivity contribution is -0.139. The number of carbonyl (C=O) groups excluding carboxylic acids is 2. The maximum atomic E-state index is 13.2. The van der Waals surface area contributed by atoms with Crippen LogP contribution < -0.4 is 4.72 Å². The molecule has 1 aliphatic heterocycles. The Bertz CT molecular complexity index is 921.